The van der Waals surface area contributed by atoms with Crippen LogP contribution in [0.4, 0.5) is 5.69 Å². The minimum Gasteiger partial charge on any atom is -0.494 e. The summed E-state index contributed by atoms with van der Waals surface area (Å²) in [6.45, 7) is 0.568. The number of pyridine rings is 2. The molecule has 0 atom stereocenters. The summed E-state index contributed by atoms with van der Waals surface area (Å²) in [6.07, 6.45) is 3.50. The van der Waals surface area contributed by atoms with Crippen molar-refractivity contribution in [3.8, 4) is 5.75 Å². The fourth-order valence-corrected chi connectivity index (χ4v) is 2.44. The van der Waals surface area contributed by atoms with Crippen molar-refractivity contribution in [2.75, 3.05) is 12.4 Å². The predicted octanol–water partition coefficient (Wildman–Crippen LogP) is 3.13. The van der Waals surface area contributed by atoms with Gasteiger partial charge in [0.15, 0.2) is 5.11 Å². The lowest BCUT2D eigenvalue weighted by molar-refractivity contribution is 0.419. The highest BCUT2D eigenvalue weighted by atomic mass is 32.1. The number of hydrogen-bond donors (Lipinski definition) is 2. The van der Waals surface area contributed by atoms with Crippen LogP contribution < -0.4 is 15.4 Å². The molecule has 0 fully saturated rings. The molecule has 2 N–H and O–H groups in total. The second kappa shape index (κ2) is 7.02. The van der Waals surface area contributed by atoms with Crippen molar-refractivity contribution in [3.63, 3.8) is 0 Å². The van der Waals surface area contributed by atoms with Gasteiger partial charge in [-0.05, 0) is 48.6 Å². The van der Waals surface area contributed by atoms with Crippen LogP contribution in [-0.2, 0) is 6.54 Å². The highest BCUT2D eigenvalue weighted by Gasteiger charge is 2.08. The van der Waals surface area contributed by atoms with Gasteiger partial charge in [0, 0.05) is 23.5 Å². The Bertz CT molecular complexity index is 823. The second-order valence-electron chi connectivity index (χ2n) is 4.84. The fraction of sp³-hybridized carbons (Fsp3) is 0.118. The Balaban J connectivity index is 1.75. The average Bonchev–Trinajstić information content (AvgIpc) is 2.61. The maximum Gasteiger partial charge on any atom is 0.171 e. The minimum atomic E-state index is 0.533. The maximum absolute atomic E-state index is 5.36. The van der Waals surface area contributed by atoms with Gasteiger partial charge in [0.25, 0.3) is 0 Å². The number of ether oxygens (including phenoxy) is 1. The Morgan fingerprint density at radius 1 is 1.09 bits per heavy atom. The normalized spacial score (nSPS) is 10.3. The van der Waals surface area contributed by atoms with Gasteiger partial charge in [-0.2, -0.15) is 0 Å². The zero-order valence-electron chi connectivity index (χ0n) is 12.6. The predicted molar refractivity (Wildman–Crippen MR) is 95.6 cm³/mol. The van der Waals surface area contributed by atoms with E-state index in [2.05, 4.69) is 20.6 Å². The molecule has 2 heterocycles. The molecule has 0 bridgehead atoms. The standard InChI is InChI=1S/C17H16N4OS/c1-22-15-8-7-14(13-6-4-10-19-16(13)15)21-17(23)20-11-12-5-2-3-9-18-12/h2-10H,11H2,1H3,(H2,20,21,23). The summed E-state index contributed by atoms with van der Waals surface area (Å²) in [4.78, 5) is 8.63. The topological polar surface area (TPSA) is 59.1 Å². The summed E-state index contributed by atoms with van der Waals surface area (Å²) < 4.78 is 5.35. The molecule has 3 aromatic rings. The van der Waals surface area contributed by atoms with Crippen LogP contribution in [0.1, 0.15) is 5.69 Å². The largest absolute Gasteiger partial charge is 0.494 e. The third-order valence-corrected chi connectivity index (χ3v) is 3.60. The summed E-state index contributed by atoms with van der Waals surface area (Å²) in [7, 11) is 1.63. The van der Waals surface area contributed by atoms with E-state index >= 15 is 0 Å². The first-order chi connectivity index (χ1) is 11.3. The number of rotatable bonds is 4. The number of nitrogens with one attached hydrogen (secondary N) is 2. The molecule has 23 heavy (non-hydrogen) atoms. The Morgan fingerprint density at radius 2 is 1.96 bits per heavy atom. The highest BCUT2D eigenvalue weighted by Crippen LogP contribution is 2.29. The van der Waals surface area contributed by atoms with Gasteiger partial charge in [-0.1, -0.05) is 6.07 Å². The number of benzene rings is 1. The molecule has 116 valence electrons. The highest BCUT2D eigenvalue weighted by molar-refractivity contribution is 7.80. The van der Waals surface area contributed by atoms with Crippen LogP contribution in [0.3, 0.4) is 0 Å². The van der Waals surface area contributed by atoms with Crippen LogP contribution in [0.2, 0.25) is 0 Å². The van der Waals surface area contributed by atoms with Crippen LogP contribution in [0, 0.1) is 0 Å². The summed E-state index contributed by atoms with van der Waals surface area (Å²) in [5, 5.41) is 7.84. The molecular formula is C17H16N4OS. The quantitative estimate of drug-likeness (QED) is 0.719. The Hall–Kier alpha value is -2.73. The Kier molecular flexibility index (Phi) is 4.63. The van der Waals surface area contributed by atoms with Crippen molar-refractivity contribution in [1.82, 2.24) is 15.3 Å². The van der Waals surface area contributed by atoms with Gasteiger partial charge in [0.2, 0.25) is 0 Å². The molecule has 0 saturated carbocycles. The third kappa shape index (κ3) is 3.54. The Labute approximate surface area is 139 Å². The zero-order valence-corrected chi connectivity index (χ0v) is 13.4. The van der Waals surface area contributed by atoms with Crippen molar-refractivity contribution in [1.29, 1.82) is 0 Å². The number of methoxy groups -OCH3 is 1. The third-order valence-electron chi connectivity index (χ3n) is 3.36. The molecule has 5 nitrogen and oxygen atoms in total. The fourth-order valence-electron chi connectivity index (χ4n) is 2.26. The molecule has 0 radical (unpaired) electrons. The van der Waals surface area contributed by atoms with Crippen LogP contribution >= 0.6 is 12.2 Å². The number of anilines is 1. The van der Waals surface area contributed by atoms with E-state index < -0.39 is 0 Å². The molecule has 0 unspecified atom stereocenters. The first-order valence-corrected chi connectivity index (χ1v) is 7.55. The van der Waals surface area contributed by atoms with Crippen LogP contribution in [0.5, 0.6) is 5.75 Å². The first kappa shape index (κ1) is 15.2. The minimum absolute atomic E-state index is 0.533. The maximum atomic E-state index is 5.36. The lowest BCUT2D eigenvalue weighted by atomic mass is 10.1. The zero-order chi connectivity index (χ0) is 16.1. The lowest BCUT2D eigenvalue weighted by Gasteiger charge is -2.13. The monoisotopic (exact) mass is 324 g/mol. The van der Waals surface area contributed by atoms with Gasteiger partial charge in [0.05, 0.1) is 19.3 Å². The van der Waals surface area contributed by atoms with E-state index in [0.717, 1.165) is 28.0 Å². The smallest absolute Gasteiger partial charge is 0.171 e. The van der Waals surface area contributed by atoms with E-state index in [-0.39, 0.29) is 0 Å². The number of hydrogen-bond acceptors (Lipinski definition) is 4. The van der Waals surface area contributed by atoms with Gasteiger partial charge < -0.3 is 15.4 Å². The van der Waals surface area contributed by atoms with Gasteiger partial charge in [-0.15, -0.1) is 0 Å². The van der Waals surface area contributed by atoms with E-state index in [0.29, 0.717) is 11.7 Å². The summed E-state index contributed by atoms with van der Waals surface area (Å²) >= 11 is 5.36. The molecule has 0 aliphatic rings. The van der Waals surface area contributed by atoms with E-state index in [4.69, 9.17) is 17.0 Å². The SMILES string of the molecule is COc1ccc(NC(=S)NCc2ccccn2)c2cccnc12. The molecule has 3 rings (SSSR count). The number of fused-ring (bicyclic) bond motifs is 1. The number of aromatic nitrogens is 2. The van der Waals surface area contributed by atoms with Gasteiger partial charge in [0.1, 0.15) is 11.3 Å². The molecule has 1 aromatic carbocycles. The molecule has 6 heteroatoms. The molecule has 0 aliphatic carbocycles. The second-order valence-corrected chi connectivity index (χ2v) is 5.25. The van der Waals surface area contributed by atoms with Crippen LogP contribution in [0.15, 0.2) is 54.9 Å². The molecule has 0 saturated heterocycles. The van der Waals surface area contributed by atoms with Crippen LogP contribution in [0.25, 0.3) is 10.9 Å². The number of nitrogens with zero attached hydrogens (tertiary/aromatic N) is 2. The van der Waals surface area contributed by atoms with Crippen molar-refractivity contribution < 1.29 is 4.74 Å². The summed E-state index contributed by atoms with van der Waals surface area (Å²) in [5.41, 5.74) is 2.61. The number of thiocarbonyl (C=S) groups is 1. The summed E-state index contributed by atoms with van der Waals surface area (Å²) in [5.74, 6) is 0.735. The van der Waals surface area contributed by atoms with Crippen molar-refractivity contribution in [2.24, 2.45) is 0 Å². The van der Waals surface area contributed by atoms with Gasteiger partial charge in [-0.3, -0.25) is 9.97 Å². The van der Waals surface area contributed by atoms with Gasteiger partial charge in [-0.25, -0.2) is 0 Å². The average molecular weight is 324 g/mol. The van der Waals surface area contributed by atoms with E-state index in [9.17, 15) is 0 Å². The van der Waals surface area contributed by atoms with Gasteiger partial charge >= 0.3 is 0 Å². The molecule has 0 spiro atoms. The Morgan fingerprint density at radius 3 is 2.74 bits per heavy atom. The van der Waals surface area contributed by atoms with E-state index in [1.54, 1.807) is 19.5 Å². The summed E-state index contributed by atoms with van der Waals surface area (Å²) in [6, 6.07) is 13.4. The van der Waals surface area contributed by atoms with Crippen molar-refractivity contribution in [3.05, 3.63) is 60.6 Å². The molecule has 0 aliphatic heterocycles. The molecular weight excluding hydrogens is 308 g/mol. The van der Waals surface area contributed by atoms with Crippen molar-refractivity contribution in [2.45, 2.75) is 6.54 Å². The molecule has 2 aromatic heterocycles. The van der Waals surface area contributed by atoms with E-state index in [1.165, 1.54) is 0 Å². The molecule has 0 amide bonds. The first-order valence-electron chi connectivity index (χ1n) is 7.14. The lowest BCUT2D eigenvalue weighted by Crippen LogP contribution is -2.28. The van der Waals surface area contributed by atoms with E-state index in [1.807, 2.05) is 42.5 Å². The van der Waals surface area contributed by atoms with Crippen LogP contribution in [-0.4, -0.2) is 22.2 Å². The van der Waals surface area contributed by atoms with Crippen molar-refractivity contribution >= 4 is 33.9 Å².